The molecule has 1 saturated heterocycles. The van der Waals surface area contributed by atoms with Gasteiger partial charge in [-0.1, -0.05) is 15.9 Å². The molecule has 3 amide bonds. The van der Waals surface area contributed by atoms with Crippen molar-refractivity contribution in [1.82, 2.24) is 15.1 Å². The van der Waals surface area contributed by atoms with Gasteiger partial charge in [-0.15, -0.1) is 0 Å². The Bertz CT molecular complexity index is 706. The summed E-state index contributed by atoms with van der Waals surface area (Å²) in [6, 6.07) is 5.34. The third-order valence-corrected chi connectivity index (χ3v) is 3.60. The van der Waals surface area contributed by atoms with Gasteiger partial charge in [0.1, 0.15) is 0 Å². The summed E-state index contributed by atoms with van der Waals surface area (Å²) in [7, 11) is 1.82. The number of hydrogen-bond donors (Lipinski definition) is 1. The fraction of sp³-hybridized carbons (Fsp3) is 0.250. The van der Waals surface area contributed by atoms with Crippen LogP contribution in [0.2, 0.25) is 0 Å². The van der Waals surface area contributed by atoms with E-state index in [-0.39, 0.29) is 36.9 Å². The first-order valence-electron chi connectivity index (χ1n) is 5.80. The van der Waals surface area contributed by atoms with Crippen molar-refractivity contribution in [3.05, 3.63) is 22.7 Å². The Morgan fingerprint density at radius 3 is 2.85 bits per heavy atom. The Morgan fingerprint density at radius 2 is 2.15 bits per heavy atom. The fourth-order valence-electron chi connectivity index (χ4n) is 2.18. The maximum Gasteiger partial charge on any atom is 1.00 e. The Balaban J connectivity index is 0.00000110. The quantitative estimate of drug-likeness (QED) is 0.666. The zero-order valence-corrected chi connectivity index (χ0v) is 14.8. The van der Waals surface area contributed by atoms with Crippen LogP contribution in [0.1, 0.15) is 7.85 Å². The molecule has 1 aliphatic heterocycles. The molecule has 2 heterocycles. The molecule has 100 valence electrons. The Hall–Kier alpha value is -0.890. The first-order valence-corrected chi connectivity index (χ1v) is 6.59. The van der Waals surface area contributed by atoms with Crippen molar-refractivity contribution >= 4 is 44.6 Å². The number of urea groups is 1. The maximum atomic E-state index is 11.9. The summed E-state index contributed by atoms with van der Waals surface area (Å²) in [5, 5.41) is 7.57. The number of imide groups is 1. The maximum absolute atomic E-state index is 11.9. The van der Waals surface area contributed by atoms with E-state index in [9.17, 15) is 9.59 Å². The molecule has 0 bridgehead atoms. The summed E-state index contributed by atoms with van der Waals surface area (Å²) < 4.78 is 2.67. The van der Waals surface area contributed by atoms with E-state index in [4.69, 9.17) is 0 Å². The summed E-state index contributed by atoms with van der Waals surface area (Å²) in [5.74, 6) is 0.333. The van der Waals surface area contributed by atoms with E-state index < -0.39 is 6.03 Å². The minimum Gasteiger partial charge on any atom is -1.00 e. The molecule has 0 radical (unpaired) electrons. The number of rotatable bonds is 1. The number of aromatic nitrogens is 2. The van der Waals surface area contributed by atoms with E-state index in [0.29, 0.717) is 18.8 Å². The average molecular weight is 347 g/mol. The third-order valence-electron chi connectivity index (χ3n) is 3.10. The van der Waals surface area contributed by atoms with Crippen LogP contribution in [0.25, 0.3) is 10.9 Å². The summed E-state index contributed by atoms with van der Waals surface area (Å²) in [6.07, 6.45) is 0.292. The molecule has 6 nitrogen and oxygen atoms in total. The van der Waals surface area contributed by atoms with Crippen molar-refractivity contribution < 1.29 is 40.6 Å². The van der Waals surface area contributed by atoms with Crippen LogP contribution in [0.5, 0.6) is 0 Å². The fourth-order valence-corrected chi connectivity index (χ4v) is 2.53. The second-order valence-corrected chi connectivity index (χ2v) is 5.28. The predicted octanol–water partition coefficient (Wildman–Crippen LogP) is -1.10. The standard InChI is InChI=1S/C12H11BrN4O2.Na.H/c1-16-9-6-7(13)2-3-8(9)11(15-16)17-5-4-10(18)14-12(17)19;;/h2-3,6H,4-5H2,1H3,(H,14,18,19);;/q;+1;-1. The van der Waals surface area contributed by atoms with E-state index in [1.54, 1.807) is 4.68 Å². The van der Waals surface area contributed by atoms with Crippen LogP contribution in [-0.4, -0.2) is 28.3 Å². The van der Waals surface area contributed by atoms with Gasteiger partial charge in [0.25, 0.3) is 0 Å². The Labute approximate surface area is 147 Å². The number of halogens is 1. The van der Waals surface area contributed by atoms with Gasteiger partial charge in [0.2, 0.25) is 5.91 Å². The molecule has 3 rings (SSSR count). The monoisotopic (exact) mass is 346 g/mol. The molecule has 1 N–H and O–H groups in total. The number of carbonyl (C=O) groups excluding carboxylic acids is 2. The minimum atomic E-state index is -0.417. The van der Waals surface area contributed by atoms with Gasteiger partial charge in [-0.2, -0.15) is 5.10 Å². The number of carbonyl (C=O) groups is 2. The molecular formula is C12H12BrN4NaO2. The molecule has 0 unspecified atom stereocenters. The van der Waals surface area contributed by atoms with Crippen molar-refractivity contribution in [3.63, 3.8) is 0 Å². The number of hydrogen-bond acceptors (Lipinski definition) is 3. The van der Waals surface area contributed by atoms with E-state index in [1.807, 2.05) is 25.2 Å². The molecule has 2 aromatic rings. The zero-order chi connectivity index (χ0) is 13.6. The number of benzene rings is 1. The van der Waals surface area contributed by atoms with E-state index in [0.717, 1.165) is 15.4 Å². The summed E-state index contributed by atoms with van der Waals surface area (Å²) in [5.41, 5.74) is 0.925. The van der Waals surface area contributed by atoms with Gasteiger partial charge in [0.05, 0.1) is 5.52 Å². The van der Waals surface area contributed by atoms with Crippen LogP contribution in [0.15, 0.2) is 22.7 Å². The van der Waals surface area contributed by atoms with E-state index >= 15 is 0 Å². The molecule has 20 heavy (non-hydrogen) atoms. The molecule has 0 spiro atoms. The van der Waals surface area contributed by atoms with E-state index in [2.05, 4.69) is 26.3 Å². The molecule has 0 atom stereocenters. The van der Waals surface area contributed by atoms with Crippen molar-refractivity contribution in [1.29, 1.82) is 0 Å². The second-order valence-electron chi connectivity index (χ2n) is 4.36. The van der Waals surface area contributed by atoms with Crippen molar-refractivity contribution in [3.8, 4) is 0 Å². The normalized spacial score (nSPS) is 15.2. The van der Waals surface area contributed by atoms with Crippen LogP contribution >= 0.6 is 15.9 Å². The Morgan fingerprint density at radius 1 is 1.40 bits per heavy atom. The predicted molar refractivity (Wildman–Crippen MR) is 75.0 cm³/mol. The molecule has 0 aliphatic carbocycles. The van der Waals surface area contributed by atoms with Gasteiger partial charge in [-0.05, 0) is 18.2 Å². The summed E-state index contributed by atoms with van der Waals surface area (Å²) in [6.45, 7) is 0.354. The van der Waals surface area contributed by atoms with Crippen molar-refractivity contribution in [2.45, 2.75) is 6.42 Å². The first kappa shape index (κ1) is 15.5. The SMILES string of the molecule is Cn1nc(N2CCC(=O)NC2=O)c2ccc(Br)cc21.[H-].[Na+]. The molecule has 1 aromatic heterocycles. The third kappa shape index (κ3) is 2.63. The number of nitrogens with one attached hydrogen (secondary N) is 1. The summed E-state index contributed by atoms with van der Waals surface area (Å²) in [4.78, 5) is 24.5. The van der Waals surface area contributed by atoms with Crippen LogP contribution in [0, 0.1) is 0 Å². The minimum absolute atomic E-state index is 0. The van der Waals surface area contributed by atoms with Crippen molar-refractivity contribution in [2.24, 2.45) is 7.05 Å². The van der Waals surface area contributed by atoms with Gasteiger partial charge in [0, 0.05) is 29.9 Å². The van der Waals surface area contributed by atoms with Crippen LogP contribution in [0.4, 0.5) is 10.6 Å². The number of aryl methyl sites for hydroxylation is 1. The zero-order valence-electron chi connectivity index (χ0n) is 12.2. The first-order chi connectivity index (χ1) is 9.06. The molecular weight excluding hydrogens is 335 g/mol. The number of fused-ring (bicyclic) bond motifs is 1. The van der Waals surface area contributed by atoms with Gasteiger partial charge >= 0.3 is 35.6 Å². The smallest absolute Gasteiger partial charge is 1.00 e. The van der Waals surface area contributed by atoms with Crippen LogP contribution in [0.3, 0.4) is 0 Å². The van der Waals surface area contributed by atoms with Crippen LogP contribution in [-0.2, 0) is 11.8 Å². The number of anilines is 1. The van der Waals surface area contributed by atoms with Gasteiger partial charge in [-0.3, -0.25) is 19.7 Å². The Kier molecular flexibility index (Phi) is 4.53. The molecule has 8 heteroatoms. The number of amides is 3. The largest absolute Gasteiger partial charge is 1.00 e. The molecule has 0 saturated carbocycles. The average Bonchev–Trinajstić information content (AvgIpc) is 2.66. The molecule has 1 fully saturated rings. The second kappa shape index (κ2) is 5.85. The summed E-state index contributed by atoms with van der Waals surface area (Å²) >= 11 is 3.41. The number of nitrogens with zero attached hydrogens (tertiary/aromatic N) is 3. The van der Waals surface area contributed by atoms with Gasteiger partial charge < -0.3 is 1.43 Å². The van der Waals surface area contributed by atoms with Crippen LogP contribution < -0.4 is 39.8 Å². The van der Waals surface area contributed by atoms with Crippen molar-refractivity contribution in [2.75, 3.05) is 11.4 Å². The van der Waals surface area contributed by atoms with Gasteiger partial charge in [-0.25, -0.2) is 4.79 Å². The topological polar surface area (TPSA) is 67.2 Å². The molecule has 1 aliphatic rings. The van der Waals surface area contributed by atoms with E-state index in [1.165, 1.54) is 4.90 Å². The molecule has 1 aromatic carbocycles. The van der Waals surface area contributed by atoms with Gasteiger partial charge in [0.15, 0.2) is 5.82 Å².